The third-order valence-electron chi connectivity index (χ3n) is 4.09. The van der Waals surface area contributed by atoms with Crippen LogP contribution in [0.1, 0.15) is 46.5 Å². The highest BCUT2D eigenvalue weighted by Crippen LogP contribution is 2.41. The lowest BCUT2D eigenvalue weighted by Crippen LogP contribution is -2.43. The molecule has 2 heterocycles. The van der Waals surface area contributed by atoms with Gasteiger partial charge in [-0.05, 0) is 39.8 Å². The average Bonchev–Trinajstić information content (AvgIpc) is 2.81. The van der Waals surface area contributed by atoms with Crippen molar-refractivity contribution in [2.45, 2.75) is 57.7 Å². The Morgan fingerprint density at radius 1 is 1.19 bits per heavy atom. The summed E-state index contributed by atoms with van der Waals surface area (Å²) in [4.78, 5) is 35.2. The van der Waals surface area contributed by atoms with E-state index in [0.29, 0.717) is 18.6 Å². The Bertz CT molecular complexity index is 574. The number of carboxylic acids is 2. The third-order valence-corrected chi connectivity index (χ3v) is 4.09. The summed E-state index contributed by atoms with van der Waals surface area (Å²) in [5, 5.41) is 23.0. The van der Waals surface area contributed by atoms with Gasteiger partial charge in [0.25, 0.3) is 0 Å². The Labute approximate surface area is 152 Å². The average molecular weight is 370 g/mol. The molecule has 2 aliphatic rings. The van der Waals surface area contributed by atoms with Gasteiger partial charge in [-0.25, -0.2) is 14.4 Å². The minimum absolute atomic E-state index is 0.119. The fourth-order valence-corrected chi connectivity index (χ4v) is 2.77. The lowest BCUT2D eigenvalue weighted by atomic mass is 9.88. The monoisotopic (exact) mass is 370 g/mol. The highest BCUT2D eigenvalue weighted by molar-refractivity contribution is 5.94. The number of carbonyl (C=O) groups excluding carboxylic acids is 1. The predicted molar refractivity (Wildman–Crippen MR) is 92.8 cm³/mol. The third kappa shape index (κ3) is 6.93. The van der Waals surface area contributed by atoms with Crippen LogP contribution >= 0.6 is 0 Å². The van der Waals surface area contributed by atoms with E-state index in [-0.39, 0.29) is 11.6 Å². The number of piperidine rings is 1. The number of hydrogen-bond acceptors (Lipinski definition) is 7. The first-order chi connectivity index (χ1) is 12.1. The molecular weight excluding hydrogens is 344 g/mol. The molecule has 0 aromatic heterocycles. The number of hydrogen-bond donors (Lipinski definition) is 3. The van der Waals surface area contributed by atoms with Crippen molar-refractivity contribution in [1.82, 2.24) is 5.32 Å². The number of nitrogens with zero attached hydrogens (tertiary/aromatic N) is 1. The van der Waals surface area contributed by atoms with Gasteiger partial charge in [-0.1, -0.05) is 12.1 Å². The Kier molecular flexibility index (Phi) is 7.91. The summed E-state index contributed by atoms with van der Waals surface area (Å²) in [6, 6.07) is 0. The smallest absolute Gasteiger partial charge is 0.334 e. The Hall–Kier alpha value is -2.26. The van der Waals surface area contributed by atoms with Crippen LogP contribution in [0.15, 0.2) is 17.3 Å². The van der Waals surface area contributed by atoms with E-state index in [1.165, 1.54) is 0 Å². The number of rotatable bonds is 4. The molecule has 3 N–H and O–H groups in total. The van der Waals surface area contributed by atoms with Gasteiger partial charge in [-0.2, -0.15) is 0 Å². The first-order valence-electron chi connectivity index (χ1n) is 8.42. The van der Waals surface area contributed by atoms with Crippen molar-refractivity contribution in [1.29, 1.82) is 0 Å². The molecule has 26 heavy (non-hydrogen) atoms. The highest BCUT2D eigenvalue weighted by atomic mass is 16.7. The van der Waals surface area contributed by atoms with Crippen LogP contribution < -0.4 is 5.32 Å². The van der Waals surface area contributed by atoms with Crippen molar-refractivity contribution >= 4 is 23.6 Å². The molecule has 2 aliphatic heterocycles. The Morgan fingerprint density at radius 2 is 1.73 bits per heavy atom. The number of aliphatic carboxylic acids is 2. The quantitative estimate of drug-likeness (QED) is 0.383. The van der Waals surface area contributed by atoms with Gasteiger partial charge in [0, 0.05) is 25.0 Å². The second-order valence-electron chi connectivity index (χ2n) is 6.59. The van der Waals surface area contributed by atoms with E-state index >= 15 is 0 Å². The van der Waals surface area contributed by atoms with Crippen LogP contribution in [0.2, 0.25) is 0 Å². The van der Waals surface area contributed by atoms with Crippen LogP contribution in [0.4, 0.5) is 0 Å². The van der Waals surface area contributed by atoms with Crippen molar-refractivity contribution in [3.8, 4) is 0 Å². The molecule has 0 bridgehead atoms. The first kappa shape index (κ1) is 21.8. The molecule has 0 unspecified atom stereocenters. The lowest BCUT2D eigenvalue weighted by Gasteiger charge is -2.34. The second-order valence-corrected chi connectivity index (χ2v) is 6.59. The predicted octanol–water partition coefficient (Wildman–Crippen LogP) is 1.33. The van der Waals surface area contributed by atoms with Crippen molar-refractivity contribution in [2.75, 3.05) is 13.1 Å². The van der Waals surface area contributed by atoms with Crippen LogP contribution in [0.5, 0.6) is 0 Å². The summed E-state index contributed by atoms with van der Waals surface area (Å²) in [7, 11) is 0. The number of ether oxygens (including phenoxy) is 1. The molecule has 2 saturated heterocycles. The van der Waals surface area contributed by atoms with Gasteiger partial charge in [-0.3, -0.25) is 0 Å². The number of carboxylic acid groups (broad SMARTS) is 2. The molecule has 2 fully saturated rings. The largest absolute Gasteiger partial charge is 0.478 e. The summed E-state index contributed by atoms with van der Waals surface area (Å²) in [5.41, 5.74) is 0.281. The topological polar surface area (TPSA) is 135 Å². The van der Waals surface area contributed by atoms with Crippen LogP contribution in [-0.4, -0.2) is 58.1 Å². The zero-order chi connectivity index (χ0) is 19.8. The van der Waals surface area contributed by atoms with E-state index in [2.05, 4.69) is 10.5 Å². The van der Waals surface area contributed by atoms with Crippen molar-refractivity contribution < 1.29 is 34.2 Å². The van der Waals surface area contributed by atoms with E-state index in [0.717, 1.165) is 38.1 Å². The molecule has 146 valence electrons. The molecule has 9 nitrogen and oxygen atoms in total. The van der Waals surface area contributed by atoms with Gasteiger partial charge in [0.1, 0.15) is 5.60 Å². The van der Waals surface area contributed by atoms with Gasteiger partial charge in [0.05, 0.1) is 11.3 Å². The minimum Gasteiger partial charge on any atom is -0.478 e. The molecule has 1 spiro atoms. The molecule has 0 radical (unpaired) electrons. The maximum absolute atomic E-state index is 11.2. The Morgan fingerprint density at radius 3 is 2.19 bits per heavy atom. The van der Waals surface area contributed by atoms with Crippen molar-refractivity contribution in [3.63, 3.8) is 0 Å². The van der Waals surface area contributed by atoms with Crippen molar-refractivity contribution in [3.05, 3.63) is 12.2 Å². The van der Waals surface area contributed by atoms with E-state index in [4.69, 9.17) is 19.8 Å². The van der Waals surface area contributed by atoms with Gasteiger partial charge in [0.2, 0.25) is 0 Å². The molecule has 0 amide bonds. The molecule has 0 aromatic carbocycles. The number of carbonyl (C=O) groups is 3. The van der Waals surface area contributed by atoms with Gasteiger partial charge in [0.15, 0.2) is 0 Å². The standard InChI is InChI=1S/C13H22N2O3.C4H4O4/c1-4-11(16)17-15-10-9-13(18-12(10,2)3)5-7-14-8-6-13;5-3(6)1-2-4(7)8/h14H,4-9H2,1-3H3;1-2H,(H,5,6)(H,7,8). The maximum atomic E-state index is 11.2. The second kappa shape index (κ2) is 9.44. The fraction of sp³-hybridized carbons (Fsp3) is 0.647. The fourth-order valence-electron chi connectivity index (χ4n) is 2.77. The minimum atomic E-state index is -1.26. The maximum Gasteiger partial charge on any atom is 0.334 e. The van der Waals surface area contributed by atoms with Gasteiger partial charge >= 0.3 is 17.9 Å². The molecule has 0 saturated carbocycles. The summed E-state index contributed by atoms with van der Waals surface area (Å²) >= 11 is 0. The highest BCUT2D eigenvalue weighted by Gasteiger charge is 2.49. The van der Waals surface area contributed by atoms with E-state index in [9.17, 15) is 14.4 Å². The van der Waals surface area contributed by atoms with E-state index < -0.39 is 17.5 Å². The molecule has 2 rings (SSSR count). The van der Waals surface area contributed by atoms with E-state index in [1.807, 2.05) is 13.8 Å². The van der Waals surface area contributed by atoms with Crippen LogP contribution in [-0.2, 0) is 24.0 Å². The normalized spacial score (nSPS) is 22.0. The lowest BCUT2D eigenvalue weighted by molar-refractivity contribution is -0.143. The SMILES string of the molecule is CCC(=O)ON=C1CC2(CCNCC2)OC1(C)C.O=C(O)C=CC(=O)O. The summed E-state index contributed by atoms with van der Waals surface area (Å²) < 4.78 is 6.19. The number of nitrogens with one attached hydrogen (secondary N) is 1. The molecular formula is C17H26N2O7. The van der Waals surface area contributed by atoms with Crippen LogP contribution in [0, 0.1) is 0 Å². The van der Waals surface area contributed by atoms with Gasteiger partial charge in [-0.15, -0.1) is 0 Å². The molecule has 0 aliphatic carbocycles. The summed E-state index contributed by atoms with van der Waals surface area (Å²) in [6.45, 7) is 7.67. The number of oxime groups is 1. The molecule has 0 atom stereocenters. The van der Waals surface area contributed by atoms with Crippen LogP contribution in [0.3, 0.4) is 0 Å². The molecule has 9 heteroatoms. The van der Waals surface area contributed by atoms with Gasteiger partial charge < -0.3 is 25.1 Å². The van der Waals surface area contributed by atoms with Crippen molar-refractivity contribution in [2.24, 2.45) is 5.16 Å². The zero-order valence-electron chi connectivity index (χ0n) is 15.3. The van der Waals surface area contributed by atoms with Crippen LogP contribution in [0.25, 0.3) is 0 Å². The summed E-state index contributed by atoms with van der Waals surface area (Å²) in [5.74, 6) is -2.82. The molecule has 0 aromatic rings. The Balaban J connectivity index is 0.000000359. The van der Waals surface area contributed by atoms with E-state index in [1.54, 1.807) is 6.92 Å². The zero-order valence-corrected chi connectivity index (χ0v) is 15.3. The summed E-state index contributed by atoms with van der Waals surface area (Å²) in [6.07, 6.45) is 4.19. The first-order valence-corrected chi connectivity index (χ1v) is 8.42.